The largest absolute Gasteiger partial charge is 0.419 e. The first kappa shape index (κ1) is 13.1. The Kier molecular flexibility index (Phi) is 3.69. The molecule has 1 rings (SSSR count). The normalized spacial score (nSPS) is 12.2. The van der Waals surface area contributed by atoms with E-state index in [9.17, 15) is 22.0 Å². The molecule has 0 unspecified atom stereocenters. The van der Waals surface area contributed by atoms with E-state index in [4.69, 9.17) is 16.7 Å². The smallest absolute Gasteiger partial charge is 0.392 e. The molecule has 1 aromatic heterocycles. The molecule has 0 radical (unpaired) electrons. The van der Waals surface area contributed by atoms with Crippen LogP contribution in [0.15, 0.2) is 6.20 Å². The molecule has 90 valence electrons. The first-order chi connectivity index (χ1) is 7.29. The van der Waals surface area contributed by atoms with Gasteiger partial charge in [-0.25, -0.2) is 8.78 Å². The van der Waals surface area contributed by atoms with Crippen LogP contribution in [0.25, 0.3) is 0 Å². The molecule has 1 aromatic rings. The third-order valence-corrected chi connectivity index (χ3v) is 2.21. The summed E-state index contributed by atoms with van der Waals surface area (Å²) in [5.41, 5.74) is -3.48. The Balaban J connectivity index is 3.50. The van der Waals surface area contributed by atoms with Crippen molar-refractivity contribution in [3.63, 3.8) is 0 Å². The molecule has 8 heteroatoms. The Labute approximate surface area is 91.7 Å². The lowest BCUT2D eigenvalue weighted by molar-refractivity contribution is -0.139. The lowest BCUT2D eigenvalue weighted by Gasteiger charge is -2.14. The number of nitrogens with zero attached hydrogens (tertiary/aromatic N) is 1. The Hall–Kier alpha value is -0.950. The standard InChI is InChI=1S/C8H5ClF5NO/c9-5-3(2-16)1-15-6(7(10)11)4(5)8(12,13)14/h1,7,16H,2H2. The number of rotatable bonds is 2. The van der Waals surface area contributed by atoms with E-state index >= 15 is 0 Å². The first-order valence-electron chi connectivity index (χ1n) is 3.92. The number of hydrogen-bond acceptors (Lipinski definition) is 2. The molecule has 1 N–H and O–H groups in total. The van der Waals surface area contributed by atoms with Gasteiger partial charge in [-0.15, -0.1) is 0 Å². The van der Waals surface area contributed by atoms with Crippen LogP contribution in [-0.2, 0) is 12.8 Å². The zero-order valence-corrected chi connectivity index (χ0v) is 8.28. The highest BCUT2D eigenvalue weighted by atomic mass is 35.5. The summed E-state index contributed by atoms with van der Waals surface area (Å²) in [5, 5.41) is 7.71. The van der Waals surface area contributed by atoms with Crippen molar-refractivity contribution in [1.29, 1.82) is 0 Å². The van der Waals surface area contributed by atoms with Crippen LogP contribution in [0.1, 0.15) is 23.2 Å². The summed E-state index contributed by atoms with van der Waals surface area (Å²) in [4.78, 5) is 2.96. The van der Waals surface area contributed by atoms with Crippen LogP contribution in [0.4, 0.5) is 22.0 Å². The van der Waals surface area contributed by atoms with Gasteiger partial charge in [-0.1, -0.05) is 11.6 Å². The van der Waals surface area contributed by atoms with E-state index < -0.39 is 35.5 Å². The topological polar surface area (TPSA) is 33.1 Å². The van der Waals surface area contributed by atoms with Gasteiger partial charge in [0.25, 0.3) is 6.43 Å². The van der Waals surface area contributed by atoms with Crippen molar-refractivity contribution in [2.75, 3.05) is 0 Å². The number of alkyl halides is 5. The lowest BCUT2D eigenvalue weighted by Crippen LogP contribution is -2.13. The molecule has 0 aliphatic carbocycles. The van der Waals surface area contributed by atoms with Gasteiger partial charge in [-0.2, -0.15) is 13.2 Å². The number of aromatic nitrogens is 1. The summed E-state index contributed by atoms with van der Waals surface area (Å²) >= 11 is 5.29. The van der Waals surface area contributed by atoms with Gasteiger partial charge in [0.15, 0.2) is 0 Å². The van der Waals surface area contributed by atoms with Crippen LogP contribution in [0.2, 0.25) is 5.02 Å². The second-order valence-electron chi connectivity index (χ2n) is 2.81. The number of halogens is 6. The fourth-order valence-corrected chi connectivity index (χ4v) is 1.40. The summed E-state index contributed by atoms with van der Waals surface area (Å²) in [5.74, 6) is 0. The Morgan fingerprint density at radius 3 is 2.31 bits per heavy atom. The van der Waals surface area contributed by atoms with E-state index in [1.165, 1.54) is 0 Å². The van der Waals surface area contributed by atoms with Gasteiger partial charge in [0, 0.05) is 11.8 Å². The molecular formula is C8H5ClF5NO. The molecule has 0 amide bonds. The van der Waals surface area contributed by atoms with E-state index in [2.05, 4.69) is 4.98 Å². The predicted molar refractivity (Wildman–Crippen MR) is 45.1 cm³/mol. The molecule has 2 nitrogen and oxygen atoms in total. The first-order valence-corrected chi connectivity index (χ1v) is 4.30. The Morgan fingerprint density at radius 1 is 1.38 bits per heavy atom. The maximum Gasteiger partial charge on any atom is 0.419 e. The maximum atomic E-state index is 12.4. The van der Waals surface area contributed by atoms with Crippen LogP contribution in [0.5, 0.6) is 0 Å². The minimum atomic E-state index is -5.04. The highest BCUT2D eigenvalue weighted by Gasteiger charge is 2.40. The van der Waals surface area contributed by atoms with Gasteiger partial charge < -0.3 is 5.11 Å². The molecule has 0 saturated carbocycles. The lowest BCUT2D eigenvalue weighted by atomic mass is 10.1. The fourth-order valence-electron chi connectivity index (χ4n) is 1.09. The third-order valence-electron chi connectivity index (χ3n) is 1.78. The predicted octanol–water partition coefficient (Wildman–Crippen LogP) is 3.18. The minimum Gasteiger partial charge on any atom is -0.392 e. The number of hydrogen-bond donors (Lipinski definition) is 1. The summed E-state index contributed by atoms with van der Waals surface area (Å²) in [6.45, 7) is -0.807. The van der Waals surface area contributed by atoms with E-state index in [1.807, 2.05) is 0 Å². The molecule has 0 aliphatic rings. The van der Waals surface area contributed by atoms with Gasteiger partial charge in [0.1, 0.15) is 11.3 Å². The average molecular weight is 262 g/mol. The fraction of sp³-hybridized carbons (Fsp3) is 0.375. The average Bonchev–Trinajstić information content (AvgIpc) is 2.14. The van der Waals surface area contributed by atoms with E-state index in [-0.39, 0.29) is 5.56 Å². The number of pyridine rings is 1. The molecular weight excluding hydrogens is 257 g/mol. The van der Waals surface area contributed by atoms with Crippen molar-refractivity contribution in [2.24, 2.45) is 0 Å². The maximum absolute atomic E-state index is 12.4. The molecule has 0 atom stereocenters. The van der Waals surface area contributed by atoms with Gasteiger partial charge in [0.2, 0.25) is 0 Å². The summed E-state index contributed by atoms with van der Waals surface area (Å²) in [6.07, 6.45) is -7.73. The van der Waals surface area contributed by atoms with Gasteiger partial charge in [-0.3, -0.25) is 4.98 Å². The van der Waals surface area contributed by atoms with Crippen molar-refractivity contribution < 1.29 is 27.1 Å². The molecule has 0 aromatic carbocycles. The molecule has 0 spiro atoms. The summed E-state index contributed by atoms with van der Waals surface area (Å²) < 4.78 is 61.9. The number of aliphatic hydroxyl groups excluding tert-OH is 1. The highest BCUT2D eigenvalue weighted by molar-refractivity contribution is 6.32. The zero-order chi connectivity index (χ0) is 12.5. The van der Waals surface area contributed by atoms with E-state index in [1.54, 1.807) is 0 Å². The number of aliphatic hydroxyl groups is 1. The van der Waals surface area contributed by atoms with Crippen LogP contribution < -0.4 is 0 Å². The summed E-state index contributed by atoms with van der Waals surface area (Å²) in [6, 6.07) is 0. The molecule has 0 aliphatic heterocycles. The SMILES string of the molecule is OCc1cnc(C(F)F)c(C(F)(F)F)c1Cl. The van der Waals surface area contributed by atoms with Crippen LogP contribution in [0.3, 0.4) is 0 Å². The van der Waals surface area contributed by atoms with Gasteiger partial charge >= 0.3 is 6.18 Å². The molecule has 1 heterocycles. The van der Waals surface area contributed by atoms with Gasteiger partial charge in [0.05, 0.1) is 11.6 Å². The van der Waals surface area contributed by atoms with Gasteiger partial charge in [-0.05, 0) is 0 Å². The quantitative estimate of drug-likeness (QED) is 0.830. The molecule has 0 bridgehead atoms. The van der Waals surface area contributed by atoms with Crippen molar-refractivity contribution >= 4 is 11.6 Å². The molecule has 0 fully saturated rings. The summed E-state index contributed by atoms with van der Waals surface area (Å²) in [7, 11) is 0. The van der Waals surface area contributed by atoms with E-state index in [0.29, 0.717) is 6.20 Å². The van der Waals surface area contributed by atoms with Crippen molar-refractivity contribution in [2.45, 2.75) is 19.2 Å². The third kappa shape index (κ3) is 2.41. The van der Waals surface area contributed by atoms with E-state index in [0.717, 1.165) is 0 Å². The minimum absolute atomic E-state index is 0.349. The van der Waals surface area contributed by atoms with Crippen LogP contribution in [0, 0.1) is 0 Å². The molecule has 0 saturated heterocycles. The van der Waals surface area contributed by atoms with Crippen LogP contribution in [-0.4, -0.2) is 10.1 Å². The van der Waals surface area contributed by atoms with Crippen molar-refractivity contribution in [1.82, 2.24) is 4.98 Å². The monoisotopic (exact) mass is 261 g/mol. The Morgan fingerprint density at radius 2 is 1.94 bits per heavy atom. The Bertz CT molecular complexity index is 393. The zero-order valence-electron chi connectivity index (χ0n) is 7.52. The second-order valence-corrected chi connectivity index (χ2v) is 3.19. The highest BCUT2D eigenvalue weighted by Crippen LogP contribution is 2.40. The second kappa shape index (κ2) is 4.50. The van der Waals surface area contributed by atoms with Crippen molar-refractivity contribution in [3.05, 3.63) is 28.0 Å². The van der Waals surface area contributed by atoms with Crippen molar-refractivity contribution in [3.8, 4) is 0 Å². The van der Waals surface area contributed by atoms with Crippen LogP contribution >= 0.6 is 11.6 Å². The molecule has 16 heavy (non-hydrogen) atoms.